The Labute approximate surface area is 121 Å². The number of carbonyl (C=O) groups excluding carboxylic acids is 1. The summed E-state index contributed by atoms with van der Waals surface area (Å²) in [4.78, 5) is 22.4. The lowest BCUT2D eigenvalue weighted by Gasteiger charge is -2.21. The summed E-state index contributed by atoms with van der Waals surface area (Å²) in [7, 11) is 0. The number of halogens is 1. The van der Waals surface area contributed by atoms with E-state index < -0.39 is 10.8 Å². The van der Waals surface area contributed by atoms with E-state index in [9.17, 15) is 14.9 Å². The number of nitrogens with one attached hydrogen (secondary N) is 1. The molecule has 1 fully saturated rings. The summed E-state index contributed by atoms with van der Waals surface area (Å²) < 4.78 is 0. The molecule has 0 saturated carbocycles. The quantitative estimate of drug-likeness (QED) is 0.687. The Morgan fingerprint density at radius 2 is 1.90 bits per heavy atom. The molecule has 0 bridgehead atoms. The van der Waals surface area contributed by atoms with Crippen LogP contribution in [0.4, 0.5) is 5.69 Å². The molecule has 1 heterocycles. The number of nitrogens with zero attached hydrogens (tertiary/aromatic N) is 2. The van der Waals surface area contributed by atoms with Gasteiger partial charge in [-0.3, -0.25) is 20.3 Å². The molecule has 7 heteroatoms. The lowest BCUT2D eigenvalue weighted by molar-refractivity contribution is -0.384. The summed E-state index contributed by atoms with van der Waals surface area (Å²) in [6.45, 7) is 1.58. The largest absolute Gasteiger partial charge is 0.285 e. The minimum absolute atomic E-state index is 0.130. The molecule has 1 aliphatic heterocycles. The molecule has 0 aromatic heterocycles. The lowest BCUT2D eigenvalue weighted by Crippen LogP contribution is -2.42. The highest BCUT2D eigenvalue weighted by molar-refractivity contribution is 6.33. The molecule has 1 aromatic carbocycles. The monoisotopic (exact) mass is 297 g/mol. The number of hydrogen-bond donors (Lipinski definition) is 1. The molecule has 0 atom stereocenters. The van der Waals surface area contributed by atoms with Crippen molar-refractivity contribution >= 4 is 23.2 Å². The highest BCUT2D eigenvalue weighted by Gasteiger charge is 2.18. The van der Waals surface area contributed by atoms with Crippen molar-refractivity contribution in [3.8, 4) is 0 Å². The van der Waals surface area contributed by atoms with Crippen LogP contribution in [0.5, 0.6) is 0 Å². The molecule has 0 spiro atoms. The van der Waals surface area contributed by atoms with Crippen LogP contribution in [-0.4, -0.2) is 28.9 Å². The van der Waals surface area contributed by atoms with Gasteiger partial charge in [-0.1, -0.05) is 24.4 Å². The molecular formula is C13H16ClN3O3. The van der Waals surface area contributed by atoms with E-state index >= 15 is 0 Å². The minimum atomic E-state index is -0.543. The number of nitro groups is 1. The Hall–Kier alpha value is -1.66. The molecule has 20 heavy (non-hydrogen) atoms. The van der Waals surface area contributed by atoms with E-state index in [-0.39, 0.29) is 16.3 Å². The van der Waals surface area contributed by atoms with Crippen LogP contribution in [0.2, 0.25) is 5.02 Å². The molecule has 6 nitrogen and oxygen atoms in total. The summed E-state index contributed by atoms with van der Waals surface area (Å²) >= 11 is 5.94. The second-order valence-electron chi connectivity index (χ2n) is 4.76. The highest BCUT2D eigenvalue weighted by atomic mass is 35.5. The normalized spacial score (nSPS) is 16.4. The van der Waals surface area contributed by atoms with Crippen molar-refractivity contribution in [2.75, 3.05) is 13.1 Å². The maximum atomic E-state index is 12.2. The van der Waals surface area contributed by atoms with E-state index in [4.69, 9.17) is 11.6 Å². The Kier molecular flexibility index (Phi) is 4.92. The van der Waals surface area contributed by atoms with Crippen LogP contribution in [0.3, 0.4) is 0 Å². The molecule has 1 amide bonds. The average molecular weight is 298 g/mol. The van der Waals surface area contributed by atoms with Crippen molar-refractivity contribution in [1.29, 1.82) is 0 Å². The van der Waals surface area contributed by atoms with Gasteiger partial charge in [0.1, 0.15) is 0 Å². The third kappa shape index (κ3) is 3.68. The molecule has 0 unspecified atom stereocenters. The summed E-state index contributed by atoms with van der Waals surface area (Å²) in [5, 5.41) is 12.8. The van der Waals surface area contributed by atoms with Crippen LogP contribution in [0.15, 0.2) is 18.2 Å². The van der Waals surface area contributed by atoms with Gasteiger partial charge in [-0.2, -0.15) is 0 Å². The van der Waals surface area contributed by atoms with Crippen molar-refractivity contribution in [2.45, 2.75) is 25.7 Å². The minimum Gasteiger partial charge on any atom is -0.285 e. The predicted molar refractivity (Wildman–Crippen MR) is 75.6 cm³/mol. The number of hydrazine groups is 1. The molecule has 108 valence electrons. The van der Waals surface area contributed by atoms with Crippen molar-refractivity contribution in [3.63, 3.8) is 0 Å². The number of non-ortho nitro benzene ring substituents is 1. The van der Waals surface area contributed by atoms with Crippen molar-refractivity contribution in [2.24, 2.45) is 0 Å². The summed E-state index contributed by atoms with van der Waals surface area (Å²) in [5.74, 6) is -0.402. The maximum Gasteiger partial charge on any atom is 0.270 e. The molecule has 1 aliphatic rings. The van der Waals surface area contributed by atoms with Gasteiger partial charge in [0.2, 0.25) is 0 Å². The van der Waals surface area contributed by atoms with Gasteiger partial charge in [-0.25, -0.2) is 5.01 Å². The fourth-order valence-corrected chi connectivity index (χ4v) is 2.39. The van der Waals surface area contributed by atoms with E-state index in [0.717, 1.165) is 38.8 Å². The number of benzene rings is 1. The molecule has 1 aromatic rings. The first kappa shape index (κ1) is 14.7. The number of hydrogen-bond acceptors (Lipinski definition) is 4. The van der Waals surface area contributed by atoms with Crippen molar-refractivity contribution in [3.05, 3.63) is 38.9 Å². The first-order valence-corrected chi connectivity index (χ1v) is 6.95. The van der Waals surface area contributed by atoms with Gasteiger partial charge in [0.05, 0.1) is 15.5 Å². The Morgan fingerprint density at radius 1 is 1.25 bits per heavy atom. The molecule has 1 saturated heterocycles. The number of nitro benzene ring substituents is 1. The first-order chi connectivity index (χ1) is 9.58. The standard InChI is InChI=1S/C13H16ClN3O3/c14-12-6-5-10(17(19)20)9-11(12)13(18)15-16-7-3-1-2-4-8-16/h5-6,9H,1-4,7-8H2,(H,15,18). The third-order valence-electron chi connectivity index (χ3n) is 3.27. The van der Waals surface area contributed by atoms with E-state index in [1.54, 1.807) is 0 Å². The highest BCUT2D eigenvalue weighted by Crippen LogP contribution is 2.22. The van der Waals surface area contributed by atoms with Crippen molar-refractivity contribution < 1.29 is 9.72 Å². The SMILES string of the molecule is O=C(NN1CCCCCC1)c1cc([N+](=O)[O-])ccc1Cl. The van der Waals surface area contributed by atoms with E-state index in [1.807, 2.05) is 5.01 Å². The number of amides is 1. The summed E-state index contributed by atoms with van der Waals surface area (Å²) in [6, 6.07) is 3.86. The zero-order chi connectivity index (χ0) is 14.5. The fourth-order valence-electron chi connectivity index (χ4n) is 2.19. The van der Waals surface area contributed by atoms with E-state index in [0.29, 0.717) is 0 Å². The summed E-state index contributed by atoms with van der Waals surface area (Å²) in [5.41, 5.74) is 2.76. The Balaban J connectivity index is 2.11. The third-order valence-corrected chi connectivity index (χ3v) is 3.60. The molecule has 2 rings (SSSR count). The van der Waals surface area contributed by atoms with Gasteiger partial charge in [0.25, 0.3) is 11.6 Å². The van der Waals surface area contributed by atoms with Gasteiger partial charge in [0.15, 0.2) is 0 Å². The Morgan fingerprint density at radius 3 is 2.50 bits per heavy atom. The van der Waals surface area contributed by atoms with E-state index in [2.05, 4.69) is 5.43 Å². The van der Waals surface area contributed by atoms with Crippen LogP contribution in [0, 0.1) is 10.1 Å². The van der Waals surface area contributed by atoms with Gasteiger partial charge in [-0.05, 0) is 18.9 Å². The summed E-state index contributed by atoms with van der Waals surface area (Å²) in [6.07, 6.45) is 4.37. The maximum absolute atomic E-state index is 12.2. The zero-order valence-electron chi connectivity index (χ0n) is 11.0. The number of rotatable bonds is 3. The fraction of sp³-hybridized carbons (Fsp3) is 0.462. The van der Waals surface area contributed by atoms with Gasteiger partial charge < -0.3 is 0 Å². The van der Waals surface area contributed by atoms with Crippen LogP contribution >= 0.6 is 11.6 Å². The molecular weight excluding hydrogens is 282 g/mol. The molecule has 1 N–H and O–H groups in total. The first-order valence-electron chi connectivity index (χ1n) is 6.58. The lowest BCUT2D eigenvalue weighted by atomic mass is 10.2. The van der Waals surface area contributed by atoms with Crippen molar-refractivity contribution in [1.82, 2.24) is 10.4 Å². The molecule has 0 aliphatic carbocycles. The molecule has 0 radical (unpaired) electrons. The van der Waals surface area contributed by atoms with Gasteiger partial charge in [-0.15, -0.1) is 0 Å². The van der Waals surface area contributed by atoms with Crippen LogP contribution in [0.1, 0.15) is 36.0 Å². The van der Waals surface area contributed by atoms with Crippen LogP contribution < -0.4 is 5.43 Å². The predicted octanol–water partition coefficient (Wildman–Crippen LogP) is 2.77. The van der Waals surface area contributed by atoms with Gasteiger partial charge >= 0.3 is 0 Å². The second-order valence-corrected chi connectivity index (χ2v) is 5.17. The second kappa shape index (κ2) is 6.67. The van der Waals surface area contributed by atoms with Crippen LogP contribution in [0.25, 0.3) is 0 Å². The smallest absolute Gasteiger partial charge is 0.270 e. The Bertz CT molecular complexity index is 514. The average Bonchev–Trinajstić information content (AvgIpc) is 2.67. The number of carbonyl (C=O) groups is 1. The van der Waals surface area contributed by atoms with E-state index in [1.165, 1.54) is 18.2 Å². The topological polar surface area (TPSA) is 75.5 Å². The zero-order valence-corrected chi connectivity index (χ0v) is 11.7. The van der Waals surface area contributed by atoms with Gasteiger partial charge in [0, 0.05) is 25.2 Å². The van der Waals surface area contributed by atoms with Crippen LogP contribution in [-0.2, 0) is 0 Å².